The lowest BCUT2D eigenvalue weighted by molar-refractivity contribution is 0.412. The fraction of sp³-hybridized carbons (Fsp3) is 0.0769. The summed E-state index contributed by atoms with van der Waals surface area (Å²) in [5.74, 6) is 0. The van der Waals surface area contributed by atoms with Gasteiger partial charge in [-0.05, 0) is 18.2 Å². The summed E-state index contributed by atoms with van der Waals surface area (Å²) in [5.41, 5.74) is 9.16. The predicted molar refractivity (Wildman–Crippen MR) is 77.7 cm³/mol. The van der Waals surface area contributed by atoms with Crippen molar-refractivity contribution in [2.45, 2.75) is 6.54 Å². The fourth-order valence-electron chi connectivity index (χ4n) is 1.89. The summed E-state index contributed by atoms with van der Waals surface area (Å²) in [6.07, 6.45) is 3.20. The molecular weight excluding hydrogens is 308 g/mol. The van der Waals surface area contributed by atoms with Crippen molar-refractivity contribution >= 4 is 38.2 Å². The van der Waals surface area contributed by atoms with Crippen LogP contribution in [0.2, 0.25) is 0 Å². The van der Waals surface area contributed by atoms with Gasteiger partial charge in [0.2, 0.25) is 0 Å². The minimum atomic E-state index is 0.548. The number of anilines is 2. The zero-order valence-electron chi connectivity index (χ0n) is 9.93. The zero-order valence-corrected chi connectivity index (χ0v) is 11.5. The molecule has 0 fully saturated rings. The fourth-order valence-corrected chi connectivity index (χ4v) is 2.25. The second kappa shape index (κ2) is 4.89. The number of nitrogens with two attached hydrogens (primary N) is 1. The first-order chi connectivity index (χ1) is 9.24. The summed E-state index contributed by atoms with van der Waals surface area (Å²) in [6.45, 7) is 0.548. The number of hydrogen-bond acceptors (Lipinski definition) is 5. The molecule has 2 heterocycles. The van der Waals surface area contributed by atoms with Crippen molar-refractivity contribution in [3.63, 3.8) is 0 Å². The molecule has 5 nitrogen and oxygen atoms in total. The van der Waals surface area contributed by atoms with Gasteiger partial charge < -0.3 is 15.6 Å². The van der Waals surface area contributed by atoms with Gasteiger partial charge in [0.05, 0.1) is 29.6 Å². The third kappa shape index (κ3) is 2.39. The summed E-state index contributed by atoms with van der Waals surface area (Å²) in [7, 11) is 0. The Balaban J connectivity index is 2.01. The van der Waals surface area contributed by atoms with Crippen molar-refractivity contribution in [2.24, 2.45) is 0 Å². The van der Waals surface area contributed by atoms with Crippen molar-refractivity contribution in [1.82, 2.24) is 10.1 Å². The van der Waals surface area contributed by atoms with Crippen LogP contribution in [0.15, 0.2) is 45.7 Å². The first kappa shape index (κ1) is 12.0. The van der Waals surface area contributed by atoms with E-state index in [0.717, 1.165) is 26.8 Å². The normalized spacial score (nSPS) is 10.8. The first-order valence-electron chi connectivity index (χ1n) is 5.71. The van der Waals surface area contributed by atoms with E-state index in [1.807, 2.05) is 24.3 Å². The largest absolute Gasteiger partial charge is 0.396 e. The van der Waals surface area contributed by atoms with E-state index in [4.69, 9.17) is 10.3 Å². The molecule has 0 spiro atoms. The Kier molecular flexibility index (Phi) is 3.08. The Morgan fingerprint density at radius 1 is 1.32 bits per heavy atom. The number of benzene rings is 1. The van der Waals surface area contributed by atoms with E-state index >= 15 is 0 Å². The standard InChI is InChI=1S/C13H11BrN4O/c14-8-1-2-12-10(5-8)13(11(15)7-16-12)17-6-9-3-4-19-18-9/h1-5,7H,6,15H2,(H,16,17). The minimum absolute atomic E-state index is 0.548. The summed E-state index contributed by atoms with van der Waals surface area (Å²) in [5, 5.41) is 8.10. The number of fused-ring (bicyclic) bond motifs is 1. The third-order valence-electron chi connectivity index (χ3n) is 2.80. The van der Waals surface area contributed by atoms with Gasteiger partial charge in [-0.15, -0.1) is 0 Å². The zero-order chi connectivity index (χ0) is 13.2. The molecule has 3 aromatic rings. The number of aromatic nitrogens is 2. The molecule has 6 heteroatoms. The van der Waals surface area contributed by atoms with Gasteiger partial charge in [0.1, 0.15) is 12.0 Å². The number of halogens is 1. The Morgan fingerprint density at radius 3 is 3.00 bits per heavy atom. The van der Waals surface area contributed by atoms with E-state index in [-0.39, 0.29) is 0 Å². The van der Waals surface area contributed by atoms with Crippen molar-refractivity contribution in [2.75, 3.05) is 11.1 Å². The molecule has 0 atom stereocenters. The Morgan fingerprint density at radius 2 is 2.21 bits per heavy atom. The highest BCUT2D eigenvalue weighted by molar-refractivity contribution is 9.10. The maximum absolute atomic E-state index is 5.99. The van der Waals surface area contributed by atoms with Crippen LogP contribution in [-0.4, -0.2) is 10.1 Å². The van der Waals surface area contributed by atoms with Gasteiger partial charge in [-0.1, -0.05) is 21.1 Å². The molecule has 0 unspecified atom stereocenters. The van der Waals surface area contributed by atoms with Crippen LogP contribution >= 0.6 is 15.9 Å². The van der Waals surface area contributed by atoms with Gasteiger partial charge in [-0.3, -0.25) is 4.98 Å². The molecule has 0 aliphatic carbocycles. The Bertz CT molecular complexity index is 707. The quantitative estimate of drug-likeness (QED) is 0.775. The number of pyridine rings is 1. The smallest absolute Gasteiger partial charge is 0.124 e. The van der Waals surface area contributed by atoms with Gasteiger partial charge in [0.25, 0.3) is 0 Å². The summed E-state index contributed by atoms with van der Waals surface area (Å²) < 4.78 is 5.78. The van der Waals surface area contributed by atoms with E-state index in [1.54, 1.807) is 12.5 Å². The lowest BCUT2D eigenvalue weighted by atomic mass is 10.1. The molecule has 2 aromatic heterocycles. The van der Waals surface area contributed by atoms with Gasteiger partial charge >= 0.3 is 0 Å². The maximum Gasteiger partial charge on any atom is 0.124 e. The summed E-state index contributed by atoms with van der Waals surface area (Å²) in [4.78, 5) is 4.31. The molecule has 0 saturated carbocycles. The SMILES string of the molecule is Nc1cnc2ccc(Br)cc2c1NCc1ccon1. The number of nitrogens with zero attached hydrogens (tertiary/aromatic N) is 2. The monoisotopic (exact) mass is 318 g/mol. The molecule has 0 radical (unpaired) electrons. The van der Waals surface area contributed by atoms with E-state index in [9.17, 15) is 0 Å². The number of rotatable bonds is 3. The lowest BCUT2D eigenvalue weighted by Crippen LogP contribution is -2.04. The Hall–Kier alpha value is -2.08. The van der Waals surface area contributed by atoms with Gasteiger partial charge in [-0.25, -0.2) is 0 Å². The van der Waals surface area contributed by atoms with Crippen LogP contribution in [0.25, 0.3) is 10.9 Å². The van der Waals surface area contributed by atoms with Crippen LogP contribution in [0.1, 0.15) is 5.69 Å². The average molecular weight is 319 g/mol. The molecule has 3 rings (SSSR count). The molecule has 0 aliphatic heterocycles. The molecular formula is C13H11BrN4O. The predicted octanol–water partition coefficient (Wildman–Crippen LogP) is 3.18. The van der Waals surface area contributed by atoms with Crippen molar-refractivity contribution in [3.8, 4) is 0 Å². The van der Waals surface area contributed by atoms with Crippen LogP contribution in [0, 0.1) is 0 Å². The second-order valence-corrected chi connectivity index (χ2v) is 5.01. The highest BCUT2D eigenvalue weighted by Crippen LogP contribution is 2.30. The van der Waals surface area contributed by atoms with E-state index in [2.05, 4.69) is 31.4 Å². The van der Waals surface area contributed by atoms with Gasteiger partial charge in [0, 0.05) is 15.9 Å². The molecule has 0 amide bonds. The highest BCUT2D eigenvalue weighted by Gasteiger charge is 2.07. The van der Waals surface area contributed by atoms with Crippen molar-refractivity contribution < 1.29 is 4.52 Å². The minimum Gasteiger partial charge on any atom is -0.396 e. The van der Waals surface area contributed by atoms with Crippen LogP contribution < -0.4 is 11.1 Å². The van der Waals surface area contributed by atoms with Crippen LogP contribution in [0.3, 0.4) is 0 Å². The first-order valence-corrected chi connectivity index (χ1v) is 6.50. The van der Waals surface area contributed by atoms with Crippen molar-refractivity contribution in [3.05, 3.63) is 46.9 Å². The van der Waals surface area contributed by atoms with Crippen LogP contribution in [-0.2, 0) is 6.54 Å². The molecule has 3 N–H and O–H groups in total. The number of nitrogens with one attached hydrogen (secondary N) is 1. The summed E-state index contributed by atoms with van der Waals surface area (Å²) >= 11 is 3.46. The lowest BCUT2D eigenvalue weighted by Gasteiger charge is -2.11. The highest BCUT2D eigenvalue weighted by atomic mass is 79.9. The van der Waals surface area contributed by atoms with Crippen molar-refractivity contribution in [1.29, 1.82) is 0 Å². The van der Waals surface area contributed by atoms with E-state index in [1.165, 1.54) is 0 Å². The molecule has 0 saturated heterocycles. The average Bonchev–Trinajstić information content (AvgIpc) is 2.91. The van der Waals surface area contributed by atoms with Crippen LogP contribution in [0.4, 0.5) is 11.4 Å². The molecule has 19 heavy (non-hydrogen) atoms. The molecule has 0 aliphatic rings. The molecule has 0 bridgehead atoms. The third-order valence-corrected chi connectivity index (χ3v) is 3.29. The van der Waals surface area contributed by atoms with Gasteiger partial charge in [0.15, 0.2) is 0 Å². The number of nitrogen functional groups attached to an aromatic ring is 1. The topological polar surface area (TPSA) is 77.0 Å². The van der Waals surface area contributed by atoms with Gasteiger partial charge in [-0.2, -0.15) is 0 Å². The van der Waals surface area contributed by atoms with E-state index in [0.29, 0.717) is 12.2 Å². The van der Waals surface area contributed by atoms with Crippen LogP contribution in [0.5, 0.6) is 0 Å². The second-order valence-electron chi connectivity index (χ2n) is 4.09. The maximum atomic E-state index is 5.99. The molecule has 1 aromatic carbocycles. The Labute approximate surface area is 117 Å². The summed E-state index contributed by atoms with van der Waals surface area (Å²) in [6, 6.07) is 7.69. The number of hydrogen-bond donors (Lipinski definition) is 2. The van der Waals surface area contributed by atoms with E-state index < -0.39 is 0 Å². The molecule has 96 valence electrons.